The predicted molar refractivity (Wildman–Crippen MR) is 75.5 cm³/mol. The van der Waals surface area contributed by atoms with Crippen LogP contribution in [0.4, 0.5) is 4.39 Å². The number of halogens is 1. The van der Waals surface area contributed by atoms with Gasteiger partial charge >= 0.3 is 0 Å². The molecule has 2 aromatic carbocycles. The van der Waals surface area contributed by atoms with E-state index in [0.29, 0.717) is 27.7 Å². The van der Waals surface area contributed by atoms with E-state index in [9.17, 15) is 9.18 Å². The first-order valence-electron chi connectivity index (χ1n) is 6.33. The van der Waals surface area contributed by atoms with Gasteiger partial charge in [-0.15, -0.1) is 0 Å². The summed E-state index contributed by atoms with van der Waals surface area (Å²) in [5, 5.41) is 9.48. The molecule has 0 atom stereocenters. The summed E-state index contributed by atoms with van der Waals surface area (Å²) in [6, 6.07) is 12.5. The predicted octanol–water partition coefficient (Wildman–Crippen LogP) is 3.98. The van der Waals surface area contributed by atoms with Gasteiger partial charge in [0.2, 0.25) is 5.78 Å². The molecule has 0 aliphatic carbocycles. The lowest BCUT2D eigenvalue weighted by molar-refractivity contribution is 0.101. The number of fused-ring (bicyclic) bond motifs is 1. The van der Waals surface area contributed by atoms with E-state index in [4.69, 9.17) is 9.68 Å². The molecule has 1 aromatic heterocycles. The zero-order valence-electron chi connectivity index (χ0n) is 11.2. The highest BCUT2D eigenvalue weighted by molar-refractivity contribution is 6.10. The molecule has 0 spiro atoms. The van der Waals surface area contributed by atoms with E-state index in [-0.39, 0.29) is 11.5 Å². The molecule has 3 aromatic rings. The maximum absolute atomic E-state index is 13.2. The molecule has 1 heterocycles. The van der Waals surface area contributed by atoms with Crippen LogP contribution in [0.25, 0.3) is 11.0 Å². The summed E-state index contributed by atoms with van der Waals surface area (Å²) in [4.78, 5) is 12.5. The molecule has 0 aliphatic heterocycles. The molecule has 0 saturated heterocycles. The van der Waals surface area contributed by atoms with Crippen LogP contribution in [0.5, 0.6) is 0 Å². The van der Waals surface area contributed by atoms with Gasteiger partial charge in [0.25, 0.3) is 0 Å². The lowest BCUT2D eigenvalue weighted by Crippen LogP contribution is -2.01. The number of carbonyl (C=O) groups is 1. The number of rotatable bonds is 2. The molecular weight excluding hydrogens is 269 g/mol. The quantitative estimate of drug-likeness (QED) is 0.667. The van der Waals surface area contributed by atoms with Crippen LogP contribution < -0.4 is 0 Å². The molecule has 0 amide bonds. The monoisotopic (exact) mass is 279 g/mol. The van der Waals surface area contributed by atoms with E-state index in [1.165, 1.54) is 12.1 Å². The molecule has 0 saturated carbocycles. The molecule has 0 N–H and O–H groups in total. The van der Waals surface area contributed by atoms with Gasteiger partial charge in [0.1, 0.15) is 11.4 Å². The molecule has 0 unspecified atom stereocenters. The number of aryl methyl sites for hydroxylation is 1. The molecule has 0 radical (unpaired) electrons. The van der Waals surface area contributed by atoms with Gasteiger partial charge in [-0.1, -0.05) is 0 Å². The fourth-order valence-corrected chi connectivity index (χ4v) is 2.24. The molecule has 102 valence electrons. The van der Waals surface area contributed by atoms with Crippen LogP contribution in [0.1, 0.15) is 27.2 Å². The maximum Gasteiger partial charge on any atom is 0.228 e. The summed E-state index contributed by atoms with van der Waals surface area (Å²) in [7, 11) is 0. The van der Waals surface area contributed by atoms with E-state index in [2.05, 4.69) is 0 Å². The van der Waals surface area contributed by atoms with Crippen molar-refractivity contribution in [3.05, 3.63) is 70.7 Å². The lowest BCUT2D eigenvalue weighted by Gasteiger charge is -1.99. The Labute approximate surface area is 120 Å². The van der Waals surface area contributed by atoms with Crippen LogP contribution >= 0.6 is 0 Å². The Kier molecular flexibility index (Phi) is 3.03. The highest BCUT2D eigenvalue weighted by Gasteiger charge is 2.19. The molecule has 4 heteroatoms. The van der Waals surface area contributed by atoms with Crippen LogP contribution in [0, 0.1) is 24.1 Å². The first-order chi connectivity index (χ1) is 10.1. The second-order valence-corrected chi connectivity index (χ2v) is 4.71. The normalized spacial score (nSPS) is 10.5. The molecule has 0 bridgehead atoms. The summed E-state index contributed by atoms with van der Waals surface area (Å²) in [5.74, 6) is -0.498. The Morgan fingerprint density at radius 3 is 2.57 bits per heavy atom. The van der Waals surface area contributed by atoms with E-state index in [0.717, 1.165) is 0 Å². The van der Waals surface area contributed by atoms with Gasteiger partial charge in [0.05, 0.1) is 11.6 Å². The van der Waals surface area contributed by atoms with Crippen LogP contribution in [0.15, 0.2) is 46.9 Å². The van der Waals surface area contributed by atoms with E-state index in [1.807, 2.05) is 6.07 Å². The van der Waals surface area contributed by atoms with Gasteiger partial charge in [-0.25, -0.2) is 4.39 Å². The molecule has 3 nitrogen and oxygen atoms in total. The van der Waals surface area contributed by atoms with Crippen molar-refractivity contribution >= 4 is 16.8 Å². The summed E-state index contributed by atoms with van der Waals surface area (Å²) in [5.41, 5.74) is 1.94. The summed E-state index contributed by atoms with van der Waals surface area (Å²) in [6.45, 7) is 1.76. The highest BCUT2D eigenvalue weighted by atomic mass is 19.1. The Balaban J connectivity index is 2.08. The highest BCUT2D eigenvalue weighted by Crippen LogP contribution is 2.27. The molecule has 0 fully saturated rings. The Morgan fingerprint density at radius 1 is 1.19 bits per heavy atom. The summed E-state index contributed by atoms with van der Waals surface area (Å²) in [6.07, 6.45) is 0. The number of benzene rings is 2. The minimum absolute atomic E-state index is 0.195. The van der Waals surface area contributed by atoms with Crippen molar-refractivity contribution in [1.29, 1.82) is 5.26 Å². The third-order valence-electron chi connectivity index (χ3n) is 3.38. The van der Waals surface area contributed by atoms with Crippen molar-refractivity contribution in [3.63, 3.8) is 0 Å². The Morgan fingerprint density at radius 2 is 1.90 bits per heavy atom. The maximum atomic E-state index is 13.2. The number of furan rings is 1. The van der Waals surface area contributed by atoms with Crippen molar-refractivity contribution in [2.75, 3.05) is 0 Å². The van der Waals surface area contributed by atoms with E-state index in [1.54, 1.807) is 37.3 Å². The Hall–Kier alpha value is -2.93. The minimum atomic E-state index is -0.409. The number of nitriles is 1. The number of hydrogen-bond donors (Lipinski definition) is 0. The van der Waals surface area contributed by atoms with Gasteiger partial charge in [-0.3, -0.25) is 4.79 Å². The third kappa shape index (κ3) is 2.19. The molecular formula is C17H10FNO2. The largest absolute Gasteiger partial charge is 0.452 e. The zero-order chi connectivity index (χ0) is 15.0. The van der Waals surface area contributed by atoms with Crippen molar-refractivity contribution in [2.45, 2.75) is 6.92 Å². The number of nitrogens with zero attached hydrogens (tertiary/aromatic N) is 1. The van der Waals surface area contributed by atoms with Gasteiger partial charge in [0, 0.05) is 22.6 Å². The third-order valence-corrected chi connectivity index (χ3v) is 3.38. The zero-order valence-corrected chi connectivity index (χ0v) is 11.2. The van der Waals surface area contributed by atoms with Gasteiger partial charge < -0.3 is 4.42 Å². The van der Waals surface area contributed by atoms with Crippen LogP contribution in [-0.4, -0.2) is 5.78 Å². The second-order valence-electron chi connectivity index (χ2n) is 4.71. The Bertz CT molecular complexity index is 886. The van der Waals surface area contributed by atoms with E-state index < -0.39 is 5.82 Å². The van der Waals surface area contributed by atoms with Gasteiger partial charge in [-0.05, 0) is 43.3 Å². The number of hydrogen-bond acceptors (Lipinski definition) is 3. The van der Waals surface area contributed by atoms with Crippen molar-refractivity contribution in [2.24, 2.45) is 0 Å². The first kappa shape index (κ1) is 13.1. The summed E-state index contributed by atoms with van der Waals surface area (Å²) >= 11 is 0. The van der Waals surface area contributed by atoms with Crippen LogP contribution in [0.2, 0.25) is 0 Å². The number of carbonyl (C=O) groups excluding carboxylic acids is 1. The van der Waals surface area contributed by atoms with Crippen LogP contribution in [-0.2, 0) is 0 Å². The van der Waals surface area contributed by atoms with E-state index >= 15 is 0 Å². The molecule has 3 rings (SSSR count). The summed E-state index contributed by atoms with van der Waals surface area (Å²) < 4.78 is 18.7. The standard InChI is InChI=1S/C17H10FNO2/c1-10-14-7-6-13(18)8-15(14)21-17(10)16(20)12-4-2-11(9-19)3-5-12/h2-8H,1H3. The van der Waals surface area contributed by atoms with Crippen molar-refractivity contribution < 1.29 is 13.6 Å². The SMILES string of the molecule is Cc1c(C(=O)c2ccc(C#N)cc2)oc2cc(F)ccc12. The second kappa shape index (κ2) is 4.88. The first-order valence-corrected chi connectivity index (χ1v) is 6.33. The average molecular weight is 279 g/mol. The number of ketones is 1. The van der Waals surface area contributed by atoms with Crippen molar-refractivity contribution in [1.82, 2.24) is 0 Å². The van der Waals surface area contributed by atoms with Crippen LogP contribution in [0.3, 0.4) is 0 Å². The van der Waals surface area contributed by atoms with Crippen molar-refractivity contribution in [3.8, 4) is 6.07 Å². The molecule has 0 aliphatic rings. The average Bonchev–Trinajstić information content (AvgIpc) is 2.83. The fourth-order valence-electron chi connectivity index (χ4n) is 2.24. The molecule has 21 heavy (non-hydrogen) atoms. The smallest absolute Gasteiger partial charge is 0.228 e. The lowest BCUT2D eigenvalue weighted by atomic mass is 10.0. The fraction of sp³-hybridized carbons (Fsp3) is 0.0588. The minimum Gasteiger partial charge on any atom is -0.452 e. The van der Waals surface area contributed by atoms with Gasteiger partial charge in [-0.2, -0.15) is 5.26 Å². The topological polar surface area (TPSA) is 54.0 Å². The van der Waals surface area contributed by atoms with Gasteiger partial charge in [0.15, 0.2) is 5.76 Å².